The summed E-state index contributed by atoms with van der Waals surface area (Å²) in [6.45, 7) is 9.01. The highest BCUT2D eigenvalue weighted by atomic mass is 16.3. The summed E-state index contributed by atoms with van der Waals surface area (Å²) in [5.74, 6) is 0.345. The summed E-state index contributed by atoms with van der Waals surface area (Å²) in [7, 11) is 0. The lowest BCUT2D eigenvalue weighted by atomic mass is 9.61. The van der Waals surface area contributed by atoms with Gasteiger partial charge in [-0.3, -0.25) is 0 Å². The van der Waals surface area contributed by atoms with E-state index in [4.69, 9.17) is 5.73 Å². The van der Waals surface area contributed by atoms with Crippen LogP contribution in [-0.4, -0.2) is 66.3 Å². The van der Waals surface area contributed by atoms with Crippen molar-refractivity contribution in [2.75, 3.05) is 45.8 Å². The molecule has 4 rings (SSSR count). The van der Waals surface area contributed by atoms with Gasteiger partial charge < -0.3 is 20.6 Å². The summed E-state index contributed by atoms with van der Waals surface area (Å²) in [4.78, 5) is 5.00. The van der Waals surface area contributed by atoms with Gasteiger partial charge in [0.15, 0.2) is 0 Å². The van der Waals surface area contributed by atoms with Crippen molar-refractivity contribution in [1.29, 1.82) is 0 Å². The van der Waals surface area contributed by atoms with Crippen molar-refractivity contribution in [2.45, 2.75) is 12.5 Å². The minimum Gasteiger partial charge on any atom is -0.388 e. The molecule has 4 aliphatic rings. The van der Waals surface area contributed by atoms with Gasteiger partial charge in [-0.15, -0.1) is 0 Å². The molecule has 4 fully saturated rings. The molecule has 0 radical (unpaired) electrons. The highest BCUT2D eigenvalue weighted by Gasteiger charge is 2.59. The van der Waals surface area contributed by atoms with Crippen LogP contribution >= 0.6 is 0 Å². The molecule has 0 aliphatic carbocycles. The first-order chi connectivity index (χ1) is 7.07. The third kappa shape index (κ3) is 1.16. The fourth-order valence-electron chi connectivity index (χ4n) is 3.95. The van der Waals surface area contributed by atoms with Crippen molar-refractivity contribution in [3.8, 4) is 0 Å². The Balaban J connectivity index is 2.03. The van der Waals surface area contributed by atoms with E-state index in [0.717, 1.165) is 39.3 Å². The van der Waals surface area contributed by atoms with Gasteiger partial charge in [0.2, 0.25) is 0 Å². The van der Waals surface area contributed by atoms with Gasteiger partial charge in [0.1, 0.15) is 0 Å². The molecule has 4 aliphatic heterocycles. The molecule has 4 heterocycles. The molecule has 0 aromatic carbocycles. The second kappa shape index (κ2) is 2.94. The standard InChI is InChI=1S/C11H21N3O/c1-10-7-13-2-3-14(8-10)5-9(4-13)11(10,15)6-12/h9,15H,2-8,12H2,1H3/t9?,10?,11-/m0/s1. The Kier molecular flexibility index (Phi) is 1.97. The van der Waals surface area contributed by atoms with E-state index in [2.05, 4.69) is 16.7 Å². The predicted molar refractivity (Wildman–Crippen MR) is 58.5 cm³/mol. The van der Waals surface area contributed by atoms with Crippen LogP contribution in [0.2, 0.25) is 0 Å². The van der Waals surface area contributed by atoms with Crippen LogP contribution in [-0.2, 0) is 0 Å². The summed E-state index contributed by atoms with van der Waals surface area (Å²) in [5, 5.41) is 10.8. The zero-order chi connectivity index (χ0) is 10.7. The zero-order valence-corrected chi connectivity index (χ0v) is 9.45. The lowest BCUT2D eigenvalue weighted by molar-refractivity contribution is -0.184. The molecule has 3 atom stereocenters. The molecule has 4 bridgehead atoms. The summed E-state index contributed by atoms with van der Waals surface area (Å²) < 4.78 is 0. The van der Waals surface area contributed by atoms with Crippen LogP contribution in [0.15, 0.2) is 0 Å². The molecule has 2 unspecified atom stereocenters. The smallest absolute Gasteiger partial charge is 0.0899 e. The quantitative estimate of drug-likeness (QED) is 0.581. The van der Waals surface area contributed by atoms with Gasteiger partial charge >= 0.3 is 0 Å². The molecule has 3 N–H and O–H groups in total. The Bertz CT molecular complexity index is 267. The first kappa shape index (κ1) is 10.0. The summed E-state index contributed by atoms with van der Waals surface area (Å²) in [5.41, 5.74) is 5.17. The minimum atomic E-state index is -0.635. The fraction of sp³-hybridized carbons (Fsp3) is 1.00. The summed E-state index contributed by atoms with van der Waals surface area (Å²) in [6, 6.07) is 0. The molecule has 4 nitrogen and oxygen atoms in total. The molecule has 0 saturated carbocycles. The Morgan fingerprint density at radius 3 is 2.20 bits per heavy atom. The topological polar surface area (TPSA) is 52.7 Å². The van der Waals surface area contributed by atoms with E-state index >= 15 is 0 Å². The van der Waals surface area contributed by atoms with E-state index in [-0.39, 0.29) is 5.41 Å². The number of rotatable bonds is 1. The fourth-order valence-corrected chi connectivity index (χ4v) is 3.95. The maximum atomic E-state index is 10.8. The van der Waals surface area contributed by atoms with E-state index in [1.165, 1.54) is 0 Å². The van der Waals surface area contributed by atoms with Crippen LogP contribution in [0.5, 0.6) is 0 Å². The van der Waals surface area contributed by atoms with E-state index in [9.17, 15) is 5.11 Å². The van der Waals surface area contributed by atoms with Crippen LogP contribution in [0.25, 0.3) is 0 Å². The van der Waals surface area contributed by atoms with Crippen molar-refractivity contribution in [3.05, 3.63) is 0 Å². The maximum absolute atomic E-state index is 10.8. The van der Waals surface area contributed by atoms with Crippen molar-refractivity contribution < 1.29 is 5.11 Å². The molecule has 0 amide bonds. The molecule has 0 aromatic heterocycles. The molecule has 0 aromatic rings. The number of hydrogen-bond acceptors (Lipinski definition) is 4. The number of nitrogens with two attached hydrogens (primary N) is 1. The van der Waals surface area contributed by atoms with E-state index in [0.29, 0.717) is 12.5 Å². The molecule has 4 heteroatoms. The Labute approximate surface area is 91.0 Å². The SMILES string of the molecule is CC12CN3CCN(CC(C3)[C@@]1(O)CN)C2. The minimum absolute atomic E-state index is 0.0284. The second-order valence-electron chi connectivity index (χ2n) is 5.86. The van der Waals surface area contributed by atoms with Crippen LogP contribution in [0.3, 0.4) is 0 Å². The molecule has 0 spiro atoms. The van der Waals surface area contributed by atoms with Crippen molar-refractivity contribution in [2.24, 2.45) is 17.1 Å². The molecule has 15 heavy (non-hydrogen) atoms. The molecular weight excluding hydrogens is 190 g/mol. The predicted octanol–water partition coefficient (Wildman–Crippen LogP) is -1.06. The van der Waals surface area contributed by atoms with E-state index in [1.807, 2.05) is 0 Å². The average molecular weight is 211 g/mol. The molecule has 86 valence electrons. The van der Waals surface area contributed by atoms with Crippen LogP contribution in [0.1, 0.15) is 6.92 Å². The highest BCUT2D eigenvalue weighted by molar-refractivity contribution is 5.13. The molecule has 4 saturated heterocycles. The number of piperidine rings is 2. The lowest BCUT2D eigenvalue weighted by Gasteiger charge is -2.59. The normalized spacial score (nSPS) is 58.2. The summed E-state index contributed by atoms with van der Waals surface area (Å²) >= 11 is 0. The van der Waals surface area contributed by atoms with Crippen molar-refractivity contribution in [3.63, 3.8) is 0 Å². The largest absolute Gasteiger partial charge is 0.388 e. The van der Waals surface area contributed by atoms with Crippen LogP contribution < -0.4 is 5.73 Å². The first-order valence-electron chi connectivity index (χ1n) is 5.95. The second-order valence-corrected chi connectivity index (χ2v) is 5.86. The highest BCUT2D eigenvalue weighted by Crippen LogP contribution is 2.47. The Morgan fingerprint density at radius 1 is 1.27 bits per heavy atom. The monoisotopic (exact) mass is 211 g/mol. The van der Waals surface area contributed by atoms with Gasteiger partial charge in [0, 0.05) is 57.1 Å². The van der Waals surface area contributed by atoms with Crippen LogP contribution in [0.4, 0.5) is 0 Å². The van der Waals surface area contributed by atoms with Gasteiger partial charge in [0.25, 0.3) is 0 Å². The van der Waals surface area contributed by atoms with Gasteiger partial charge in [-0.1, -0.05) is 6.92 Å². The maximum Gasteiger partial charge on any atom is 0.0899 e. The lowest BCUT2D eigenvalue weighted by Crippen LogP contribution is -2.72. The number of hydrogen-bond donors (Lipinski definition) is 2. The molecular formula is C11H21N3O. The average Bonchev–Trinajstić information content (AvgIpc) is 2.43. The number of fused-ring (bicyclic) bond motifs is 1. The van der Waals surface area contributed by atoms with Gasteiger partial charge in [0.05, 0.1) is 5.60 Å². The van der Waals surface area contributed by atoms with Gasteiger partial charge in [-0.25, -0.2) is 0 Å². The van der Waals surface area contributed by atoms with E-state index in [1.54, 1.807) is 0 Å². The van der Waals surface area contributed by atoms with Gasteiger partial charge in [-0.05, 0) is 0 Å². The Hall–Kier alpha value is -0.160. The first-order valence-corrected chi connectivity index (χ1v) is 5.95. The summed E-state index contributed by atoms with van der Waals surface area (Å²) in [6.07, 6.45) is 0. The third-order valence-corrected chi connectivity index (χ3v) is 4.87. The van der Waals surface area contributed by atoms with Crippen molar-refractivity contribution >= 4 is 0 Å². The zero-order valence-electron chi connectivity index (χ0n) is 9.45. The van der Waals surface area contributed by atoms with E-state index < -0.39 is 5.60 Å². The van der Waals surface area contributed by atoms with Gasteiger partial charge in [-0.2, -0.15) is 0 Å². The Morgan fingerprint density at radius 2 is 1.80 bits per heavy atom. The van der Waals surface area contributed by atoms with Crippen LogP contribution in [0, 0.1) is 11.3 Å². The van der Waals surface area contributed by atoms with Crippen molar-refractivity contribution in [1.82, 2.24) is 9.80 Å². The number of nitrogens with zero attached hydrogens (tertiary/aromatic N) is 2. The number of aliphatic hydroxyl groups is 1. The third-order valence-electron chi connectivity index (χ3n) is 4.87.